The van der Waals surface area contributed by atoms with E-state index in [1.54, 1.807) is 0 Å². The van der Waals surface area contributed by atoms with Crippen LogP contribution in [0.3, 0.4) is 0 Å². The molecule has 0 aliphatic carbocycles. The van der Waals surface area contributed by atoms with Crippen molar-refractivity contribution in [1.82, 2.24) is 13.6 Å². The summed E-state index contributed by atoms with van der Waals surface area (Å²) in [6, 6.07) is -0.856. The lowest BCUT2D eigenvalue weighted by Gasteiger charge is -2.34. The quantitative estimate of drug-likeness (QED) is 0.780. The minimum absolute atomic E-state index is 0.0172. The van der Waals surface area contributed by atoms with Crippen molar-refractivity contribution in [3.8, 4) is 0 Å². The molecule has 0 aromatic carbocycles. The van der Waals surface area contributed by atoms with Gasteiger partial charge in [-0.1, -0.05) is 0 Å². The molecule has 1 aliphatic heterocycles. The van der Waals surface area contributed by atoms with E-state index in [9.17, 15) is 18.0 Å². The first-order chi connectivity index (χ1) is 8.89. The smallest absolute Gasteiger partial charge is 0.305 e. The summed E-state index contributed by atoms with van der Waals surface area (Å²) in [5.74, 6) is -2.11. The first-order valence-corrected chi connectivity index (χ1v) is 7.95. The maximum Gasteiger partial charge on any atom is 0.305 e. The number of carbonyl (C=O) groups excluding carboxylic acids is 1. The van der Waals surface area contributed by atoms with Crippen molar-refractivity contribution in [2.75, 3.05) is 18.1 Å². The van der Waals surface area contributed by atoms with Crippen LogP contribution in [0.5, 0.6) is 0 Å². The third kappa shape index (κ3) is 3.26. The topological polar surface area (TPSA) is 118 Å². The molecule has 1 aliphatic rings. The van der Waals surface area contributed by atoms with E-state index < -0.39 is 34.2 Å². The number of carboxylic acid groups (broad SMARTS) is 1. The molecule has 1 fully saturated rings. The van der Waals surface area contributed by atoms with E-state index in [2.05, 4.69) is 8.75 Å². The zero-order valence-electron chi connectivity index (χ0n) is 9.72. The van der Waals surface area contributed by atoms with Gasteiger partial charge in [-0.15, -0.1) is 0 Å². The lowest BCUT2D eigenvalue weighted by Crippen LogP contribution is -2.52. The Morgan fingerprint density at radius 2 is 2.26 bits per heavy atom. The molecule has 10 heteroatoms. The van der Waals surface area contributed by atoms with Gasteiger partial charge in [0.2, 0.25) is 0 Å². The molecule has 1 atom stereocenters. The maximum absolute atomic E-state index is 12.1. The van der Waals surface area contributed by atoms with Gasteiger partial charge in [0.05, 0.1) is 41.9 Å². The van der Waals surface area contributed by atoms with E-state index >= 15 is 0 Å². The third-order valence-electron chi connectivity index (χ3n) is 2.78. The zero-order chi connectivity index (χ0) is 14.0. The minimum atomic E-state index is -3.30. The van der Waals surface area contributed by atoms with Crippen molar-refractivity contribution in [3.63, 3.8) is 0 Å². The Morgan fingerprint density at radius 1 is 1.53 bits per heavy atom. The number of amides is 1. The highest BCUT2D eigenvalue weighted by Crippen LogP contribution is 2.17. The summed E-state index contributed by atoms with van der Waals surface area (Å²) in [7, 11) is -3.30. The fraction of sp³-hybridized carbons (Fsp3) is 0.556. The van der Waals surface area contributed by atoms with Crippen molar-refractivity contribution in [2.24, 2.45) is 0 Å². The molecule has 1 aromatic heterocycles. The van der Waals surface area contributed by atoms with E-state index in [1.807, 2.05) is 0 Å². The minimum Gasteiger partial charge on any atom is -0.481 e. The largest absolute Gasteiger partial charge is 0.481 e. The molecule has 19 heavy (non-hydrogen) atoms. The average molecular weight is 305 g/mol. The number of sulfone groups is 1. The molecule has 104 valence electrons. The molecular weight excluding hydrogens is 294 g/mol. The summed E-state index contributed by atoms with van der Waals surface area (Å²) in [6.07, 6.45) is 0.885. The van der Waals surface area contributed by atoms with Crippen molar-refractivity contribution in [3.05, 3.63) is 11.9 Å². The van der Waals surface area contributed by atoms with Crippen LogP contribution in [0.15, 0.2) is 6.20 Å². The maximum atomic E-state index is 12.1. The Bertz CT molecular complexity index is 583. The van der Waals surface area contributed by atoms with Gasteiger partial charge in [-0.3, -0.25) is 9.59 Å². The Morgan fingerprint density at radius 3 is 2.84 bits per heavy atom. The van der Waals surface area contributed by atoms with Crippen LogP contribution in [0.1, 0.15) is 16.9 Å². The summed E-state index contributed by atoms with van der Waals surface area (Å²) in [6.45, 7) is -0.0172. The van der Waals surface area contributed by atoms with Crippen LogP contribution in [-0.2, 0) is 14.6 Å². The van der Waals surface area contributed by atoms with E-state index in [0.29, 0.717) is 0 Å². The number of aromatic nitrogens is 2. The number of nitrogens with zero attached hydrogens (tertiary/aromatic N) is 3. The van der Waals surface area contributed by atoms with Gasteiger partial charge in [0.1, 0.15) is 0 Å². The van der Waals surface area contributed by atoms with E-state index in [4.69, 9.17) is 5.11 Å². The summed E-state index contributed by atoms with van der Waals surface area (Å²) in [5.41, 5.74) is 0.111. The van der Waals surface area contributed by atoms with Gasteiger partial charge in [-0.2, -0.15) is 8.75 Å². The van der Waals surface area contributed by atoms with Crippen molar-refractivity contribution in [1.29, 1.82) is 0 Å². The summed E-state index contributed by atoms with van der Waals surface area (Å²) < 4.78 is 30.6. The molecule has 1 saturated heterocycles. The Balaban J connectivity index is 2.22. The first kappa shape index (κ1) is 13.9. The second-order valence-electron chi connectivity index (χ2n) is 4.16. The Labute approximate surface area is 113 Å². The molecule has 1 amide bonds. The number of rotatable bonds is 3. The monoisotopic (exact) mass is 305 g/mol. The first-order valence-electron chi connectivity index (χ1n) is 5.40. The summed E-state index contributed by atoms with van der Waals surface area (Å²) in [4.78, 5) is 24.1. The molecule has 1 unspecified atom stereocenters. The molecule has 2 rings (SSSR count). The van der Waals surface area contributed by atoms with Crippen LogP contribution in [0.4, 0.5) is 0 Å². The van der Waals surface area contributed by atoms with Crippen LogP contribution in [-0.4, -0.2) is 63.1 Å². The highest BCUT2D eigenvalue weighted by molar-refractivity contribution is 7.91. The number of hydrogen-bond donors (Lipinski definition) is 1. The van der Waals surface area contributed by atoms with Gasteiger partial charge in [-0.05, 0) is 0 Å². The predicted molar refractivity (Wildman–Crippen MR) is 65.6 cm³/mol. The second kappa shape index (κ2) is 5.21. The summed E-state index contributed by atoms with van der Waals surface area (Å²) in [5, 5.41) is 8.81. The molecule has 0 saturated carbocycles. The molecule has 0 radical (unpaired) electrons. The molecule has 1 aromatic rings. The van der Waals surface area contributed by atoms with E-state index in [-0.39, 0.29) is 23.7 Å². The number of hydrogen-bond acceptors (Lipinski definition) is 7. The van der Waals surface area contributed by atoms with Gasteiger partial charge in [-0.25, -0.2) is 8.42 Å². The number of carboxylic acids is 1. The van der Waals surface area contributed by atoms with Gasteiger partial charge in [0.15, 0.2) is 15.5 Å². The molecular formula is C9H11N3O5S2. The fourth-order valence-electron chi connectivity index (χ4n) is 1.93. The van der Waals surface area contributed by atoms with E-state index in [1.165, 1.54) is 11.1 Å². The normalized spacial score (nSPS) is 22.1. The number of carbonyl (C=O) groups is 2. The van der Waals surface area contributed by atoms with Crippen molar-refractivity contribution in [2.45, 2.75) is 12.5 Å². The molecule has 1 N–H and O–H groups in total. The van der Waals surface area contributed by atoms with Gasteiger partial charge in [0.25, 0.3) is 5.91 Å². The standard InChI is InChI=1S/C9H11N3O5S2/c13-8(14)3-6-5-19(16,17)2-1-12(6)9(15)7-4-10-18-11-7/h4,6H,1-3,5H2,(H,13,14). The molecule has 0 bridgehead atoms. The fourth-order valence-corrected chi connectivity index (χ4v) is 3.86. The highest BCUT2D eigenvalue weighted by Gasteiger charge is 2.36. The van der Waals surface area contributed by atoms with Crippen LogP contribution >= 0.6 is 11.7 Å². The molecule has 0 spiro atoms. The van der Waals surface area contributed by atoms with Gasteiger partial charge < -0.3 is 10.0 Å². The van der Waals surface area contributed by atoms with Crippen LogP contribution in [0.2, 0.25) is 0 Å². The second-order valence-corrected chi connectivity index (χ2v) is 6.94. The predicted octanol–water partition coefficient (Wildman–Crippen LogP) is -0.748. The highest BCUT2D eigenvalue weighted by atomic mass is 32.2. The number of aliphatic carboxylic acids is 1. The van der Waals surface area contributed by atoms with Crippen LogP contribution in [0.25, 0.3) is 0 Å². The van der Waals surface area contributed by atoms with Crippen molar-refractivity contribution >= 4 is 33.4 Å². The SMILES string of the molecule is O=C(O)CC1CS(=O)(=O)CCN1C(=O)c1cnsn1. The average Bonchev–Trinajstić information content (AvgIpc) is 2.79. The van der Waals surface area contributed by atoms with Crippen LogP contribution in [0, 0.1) is 0 Å². The van der Waals surface area contributed by atoms with Gasteiger partial charge >= 0.3 is 5.97 Å². The Kier molecular flexibility index (Phi) is 3.80. The molecule has 8 nitrogen and oxygen atoms in total. The lowest BCUT2D eigenvalue weighted by molar-refractivity contribution is -0.138. The Hall–Kier alpha value is -1.55. The zero-order valence-corrected chi connectivity index (χ0v) is 11.4. The summed E-state index contributed by atoms with van der Waals surface area (Å²) >= 11 is 0.865. The van der Waals surface area contributed by atoms with Crippen LogP contribution < -0.4 is 0 Å². The molecule has 2 heterocycles. The lowest BCUT2D eigenvalue weighted by atomic mass is 10.2. The third-order valence-corrected chi connectivity index (χ3v) is 4.96. The van der Waals surface area contributed by atoms with E-state index in [0.717, 1.165) is 11.7 Å². The van der Waals surface area contributed by atoms with Gasteiger partial charge in [0, 0.05) is 6.54 Å². The van der Waals surface area contributed by atoms with Crippen molar-refractivity contribution < 1.29 is 23.1 Å².